The molecule has 1 fully saturated rings. The number of rotatable bonds is 6. The molecule has 1 aromatic rings. The third-order valence-corrected chi connectivity index (χ3v) is 5.76. The van der Waals surface area contributed by atoms with Crippen molar-refractivity contribution in [1.82, 2.24) is 9.55 Å². The van der Waals surface area contributed by atoms with Crippen LogP contribution in [-0.2, 0) is 13.8 Å². The lowest BCUT2D eigenvalue weighted by molar-refractivity contribution is -0.0504. The molecule has 0 radical (unpaired) electrons. The van der Waals surface area contributed by atoms with Crippen molar-refractivity contribution in [2.45, 2.75) is 63.7 Å². The Kier molecular flexibility index (Phi) is 6.24. The number of hydrogen-bond acceptors (Lipinski definition) is 9. The van der Waals surface area contributed by atoms with Gasteiger partial charge >= 0.3 is 13.3 Å². The molecule has 1 aliphatic rings. The fourth-order valence-corrected chi connectivity index (χ4v) is 3.41. The molecule has 0 saturated carbocycles. The number of anilines is 1. The van der Waals surface area contributed by atoms with Crippen molar-refractivity contribution in [1.29, 1.82) is 0 Å². The van der Waals surface area contributed by atoms with Crippen molar-refractivity contribution in [3.05, 3.63) is 22.2 Å². The summed E-state index contributed by atoms with van der Waals surface area (Å²) in [4.78, 5) is 25.2. The molecule has 6 N–H and O–H groups in total. The number of ether oxygens (including phenoxy) is 1. The second-order valence-electron chi connectivity index (χ2n) is 6.39. The Morgan fingerprint density at radius 2 is 2.04 bits per heavy atom. The predicted octanol–water partition coefficient (Wildman–Crippen LogP) is -0.928. The minimum atomic E-state index is -4.23. The average Bonchev–Trinajstić information content (AvgIpc) is 2.78. The second kappa shape index (κ2) is 7.73. The molecule has 26 heavy (non-hydrogen) atoms. The van der Waals surface area contributed by atoms with Crippen LogP contribution in [0.3, 0.4) is 0 Å². The van der Waals surface area contributed by atoms with Gasteiger partial charge in [-0.3, -0.25) is 9.13 Å². The first kappa shape index (κ1) is 21.0. The smallest absolute Gasteiger partial charge is 0.356 e. The Balaban J connectivity index is 2.14. The van der Waals surface area contributed by atoms with Gasteiger partial charge in [0.2, 0.25) is 0 Å². The SMILES string of the molecule is Cc1cn([C@@H]2O[C@H](CC(C)OP(=O)(O)C(C)O)[C@@H](O)[C@H]2O)c(=O)nc1N. The van der Waals surface area contributed by atoms with E-state index in [1.165, 1.54) is 13.1 Å². The first-order valence-corrected chi connectivity index (χ1v) is 9.64. The van der Waals surface area contributed by atoms with E-state index < -0.39 is 49.8 Å². The summed E-state index contributed by atoms with van der Waals surface area (Å²) in [6.07, 6.45) is -4.50. The quantitative estimate of drug-likeness (QED) is 0.379. The van der Waals surface area contributed by atoms with Crippen LogP contribution >= 0.6 is 7.60 Å². The van der Waals surface area contributed by atoms with Crippen molar-refractivity contribution in [3.63, 3.8) is 0 Å². The zero-order chi connectivity index (χ0) is 19.8. The van der Waals surface area contributed by atoms with Gasteiger partial charge in [0, 0.05) is 18.2 Å². The maximum absolute atomic E-state index is 12.0. The van der Waals surface area contributed by atoms with Crippen molar-refractivity contribution >= 4 is 13.4 Å². The zero-order valence-corrected chi connectivity index (χ0v) is 15.5. The molecule has 0 aromatic carbocycles. The summed E-state index contributed by atoms with van der Waals surface area (Å²) in [7, 11) is -4.23. The van der Waals surface area contributed by atoms with E-state index in [4.69, 9.17) is 15.0 Å². The lowest BCUT2D eigenvalue weighted by Crippen LogP contribution is -2.36. The van der Waals surface area contributed by atoms with Crippen LogP contribution in [0.4, 0.5) is 5.82 Å². The number of hydrogen-bond donors (Lipinski definition) is 5. The summed E-state index contributed by atoms with van der Waals surface area (Å²) in [5.41, 5.74) is 5.31. The first-order chi connectivity index (χ1) is 11.9. The maximum Gasteiger partial charge on any atom is 0.356 e. The molecule has 1 saturated heterocycles. The topological polar surface area (TPSA) is 177 Å². The van der Waals surface area contributed by atoms with E-state index in [1.54, 1.807) is 6.92 Å². The first-order valence-electron chi connectivity index (χ1n) is 7.99. The molecule has 1 aliphatic heterocycles. The third-order valence-electron chi connectivity index (χ3n) is 4.15. The van der Waals surface area contributed by atoms with Gasteiger partial charge in [-0.2, -0.15) is 4.98 Å². The third kappa shape index (κ3) is 4.32. The molecule has 12 heteroatoms. The van der Waals surface area contributed by atoms with E-state index in [9.17, 15) is 29.6 Å². The monoisotopic (exact) mass is 393 g/mol. The van der Waals surface area contributed by atoms with Crippen LogP contribution in [0.15, 0.2) is 11.0 Å². The molecule has 3 unspecified atom stereocenters. The number of aromatic nitrogens is 2. The van der Waals surface area contributed by atoms with E-state index in [1.807, 2.05) is 0 Å². The molecule has 11 nitrogen and oxygen atoms in total. The summed E-state index contributed by atoms with van der Waals surface area (Å²) in [5, 5.41) is 29.6. The fraction of sp³-hybridized carbons (Fsp3) is 0.714. The Bertz CT molecular complexity index is 754. The lowest BCUT2D eigenvalue weighted by Gasteiger charge is -2.23. The van der Waals surface area contributed by atoms with Crippen LogP contribution in [-0.4, -0.2) is 60.0 Å². The molecule has 2 rings (SSSR count). The highest BCUT2D eigenvalue weighted by atomic mass is 31.2. The maximum atomic E-state index is 12.0. The molecule has 7 atom stereocenters. The Labute approximate surface area is 149 Å². The standard InChI is InChI=1S/C14H24N3O8P/c1-6-5-17(14(21)16-12(6)15)13-11(20)10(19)9(24-13)4-7(2)25-26(22,23)8(3)18/h5,7-11,13,18-20H,4H2,1-3H3,(H,22,23)(H2,15,16,21)/t7?,8?,9-,10-,11-,13-/m1/s1. The van der Waals surface area contributed by atoms with E-state index in [-0.39, 0.29) is 12.2 Å². The normalized spacial score (nSPS) is 30.7. The average molecular weight is 393 g/mol. The largest absolute Gasteiger partial charge is 0.388 e. The molecule has 0 amide bonds. The second-order valence-corrected chi connectivity index (χ2v) is 8.48. The molecule has 1 aromatic heterocycles. The van der Waals surface area contributed by atoms with Gasteiger partial charge in [0.1, 0.15) is 18.0 Å². The molecule has 148 valence electrons. The van der Waals surface area contributed by atoms with Gasteiger partial charge < -0.3 is 35.2 Å². The highest BCUT2D eigenvalue weighted by Gasteiger charge is 2.45. The molecule has 0 aliphatic carbocycles. The van der Waals surface area contributed by atoms with E-state index in [0.29, 0.717) is 5.56 Å². The molecular weight excluding hydrogens is 369 g/mol. The van der Waals surface area contributed by atoms with Crippen molar-refractivity contribution in [2.75, 3.05) is 5.73 Å². The Morgan fingerprint density at radius 1 is 1.42 bits per heavy atom. The van der Waals surface area contributed by atoms with Gasteiger partial charge in [0.05, 0.1) is 12.2 Å². The minimum absolute atomic E-state index is 0.0506. The summed E-state index contributed by atoms with van der Waals surface area (Å²) in [6.45, 7) is 4.21. The van der Waals surface area contributed by atoms with Crippen LogP contribution in [0, 0.1) is 6.92 Å². The number of nitrogen functional groups attached to an aromatic ring is 1. The van der Waals surface area contributed by atoms with Gasteiger partial charge in [-0.15, -0.1) is 0 Å². The highest BCUT2D eigenvalue weighted by Crippen LogP contribution is 2.48. The number of nitrogens with two attached hydrogens (primary N) is 1. The number of aryl methyl sites for hydroxylation is 1. The minimum Gasteiger partial charge on any atom is -0.388 e. The lowest BCUT2D eigenvalue weighted by atomic mass is 10.1. The van der Waals surface area contributed by atoms with Gasteiger partial charge in [-0.1, -0.05) is 0 Å². The van der Waals surface area contributed by atoms with Gasteiger partial charge in [-0.05, 0) is 20.8 Å². The summed E-state index contributed by atoms with van der Waals surface area (Å²) < 4.78 is 23.2. The van der Waals surface area contributed by atoms with Crippen LogP contribution in [0.2, 0.25) is 0 Å². The number of nitrogens with zero attached hydrogens (tertiary/aromatic N) is 2. The van der Waals surface area contributed by atoms with Gasteiger partial charge in [0.15, 0.2) is 12.1 Å². The van der Waals surface area contributed by atoms with Crippen LogP contribution in [0.25, 0.3) is 0 Å². The highest BCUT2D eigenvalue weighted by molar-refractivity contribution is 7.53. The molecule has 2 heterocycles. The van der Waals surface area contributed by atoms with Crippen LogP contribution in [0.5, 0.6) is 0 Å². The van der Waals surface area contributed by atoms with Crippen molar-refractivity contribution in [3.8, 4) is 0 Å². The summed E-state index contributed by atoms with van der Waals surface area (Å²) in [5.74, 6) is -1.52. The molecule has 0 spiro atoms. The number of aliphatic hydroxyl groups excluding tert-OH is 3. The van der Waals surface area contributed by atoms with E-state index in [2.05, 4.69) is 4.98 Å². The molecule has 0 bridgehead atoms. The van der Waals surface area contributed by atoms with Crippen molar-refractivity contribution < 1.29 is 34.0 Å². The van der Waals surface area contributed by atoms with Gasteiger partial charge in [-0.25, -0.2) is 4.79 Å². The Hall–Kier alpha value is -1.33. The Morgan fingerprint density at radius 3 is 2.62 bits per heavy atom. The van der Waals surface area contributed by atoms with E-state index in [0.717, 1.165) is 11.5 Å². The molecular formula is C14H24N3O8P. The zero-order valence-electron chi connectivity index (χ0n) is 14.6. The summed E-state index contributed by atoms with van der Waals surface area (Å²) >= 11 is 0. The van der Waals surface area contributed by atoms with Crippen molar-refractivity contribution in [2.24, 2.45) is 0 Å². The number of aliphatic hydroxyl groups is 3. The van der Waals surface area contributed by atoms with Crippen LogP contribution < -0.4 is 11.4 Å². The van der Waals surface area contributed by atoms with Crippen LogP contribution in [0.1, 0.15) is 32.1 Å². The van der Waals surface area contributed by atoms with E-state index >= 15 is 0 Å². The summed E-state index contributed by atoms with van der Waals surface area (Å²) in [6, 6.07) is 0. The fourth-order valence-electron chi connectivity index (χ4n) is 2.63. The van der Waals surface area contributed by atoms with Gasteiger partial charge in [0.25, 0.3) is 0 Å². The predicted molar refractivity (Wildman–Crippen MR) is 90.2 cm³/mol.